The second-order valence-electron chi connectivity index (χ2n) is 7.87. The third-order valence-corrected chi connectivity index (χ3v) is 6.35. The van der Waals surface area contributed by atoms with E-state index >= 15 is 0 Å². The van der Waals surface area contributed by atoms with Gasteiger partial charge in [-0.25, -0.2) is 0 Å². The lowest BCUT2D eigenvalue weighted by Gasteiger charge is -2.26. The third-order valence-electron chi connectivity index (χ3n) is 6.35. The number of nitrogens with zero attached hydrogens (tertiary/aromatic N) is 1. The Bertz CT molecular complexity index is 578. The van der Waals surface area contributed by atoms with Crippen LogP contribution in [-0.2, 0) is 11.3 Å². The van der Waals surface area contributed by atoms with Crippen LogP contribution in [0, 0.1) is 11.3 Å². The van der Waals surface area contributed by atoms with Crippen molar-refractivity contribution in [2.45, 2.75) is 44.7 Å². The van der Waals surface area contributed by atoms with Gasteiger partial charge in [-0.05, 0) is 62.7 Å². The van der Waals surface area contributed by atoms with Crippen LogP contribution in [0.15, 0.2) is 30.3 Å². The van der Waals surface area contributed by atoms with Crippen LogP contribution in [0.1, 0.15) is 37.7 Å². The number of piperidine rings is 1. The summed E-state index contributed by atoms with van der Waals surface area (Å²) >= 11 is 0. The Morgan fingerprint density at radius 1 is 1.19 bits per heavy atom. The maximum absolute atomic E-state index is 12.6. The van der Waals surface area contributed by atoms with Crippen LogP contribution in [-0.4, -0.2) is 43.0 Å². The van der Waals surface area contributed by atoms with Crippen molar-refractivity contribution in [3.05, 3.63) is 35.9 Å². The average Bonchev–Trinajstić information content (AvgIpc) is 3.12. The van der Waals surface area contributed by atoms with Gasteiger partial charge in [0.15, 0.2) is 0 Å². The molecule has 6 heteroatoms. The summed E-state index contributed by atoms with van der Waals surface area (Å²) < 4.78 is 0. The first kappa shape index (κ1) is 21.5. The Labute approximate surface area is 169 Å². The number of nitrogens with one attached hydrogen (secondary N) is 2. The molecule has 1 aromatic carbocycles. The molecule has 2 heterocycles. The summed E-state index contributed by atoms with van der Waals surface area (Å²) in [6.45, 7) is 5.12. The van der Waals surface area contributed by atoms with Crippen LogP contribution >= 0.6 is 24.8 Å². The van der Waals surface area contributed by atoms with E-state index in [4.69, 9.17) is 0 Å². The average molecular weight is 400 g/mol. The molecule has 146 valence electrons. The fraction of sp³-hybridized carbons (Fsp3) is 0.650. The molecule has 1 aromatic rings. The first-order valence-corrected chi connectivity index (χ1v) is 9.53. The summed E-state index contributed by atoms with van der Waals surface area (Å²) in [7, 11) is 0. The summed E-state index contributed by atoms with van der Waals surface area (Å²) in [4.78, 5) is 15.1. The highest BCUT2D eigenvalue weighted by Crippen LogP contribution is 2.58. The minimum Gasteiger partial charge on any atom is -0.354 e. The molecule has 2 atom stereocenters. The number of halogens is 2. The van der Waals surface area contributed by atoms with Crippen molar-refractivity contribution >= 4 is 30.7 Å². The Kier molecular flexibility index (Phi) is 7.77. The van der Waals surface area contributed by atoms with Gasteiger partial charge >= 0.3 is 0 Å². The molecule has 1 spiro atoms. The Hall–Kier alpha value is -0.810. The van der Waals surface area contributed by atoms with E-state index in [9.17, 15) is 4.79 Å². The van der Waals surface area contributed by atoms with E-state index in [2.05, 4.69) is 45.9 Å². The van der Waals surface area contributed by atoms with Crippen molar-refractivity contribution in [2.24, 2.45) is 11.3 Å². The molecule has 4 rings (SSSR count). The second kappa shape index (κ2) is 9.41. The summed E-state index contributed by atoms with van der Waals surface area (Å²) in [6, 6.07) is 11.2. The van der Waals surface area contributed by atoms with E-state index < -0.39 is 0 Å². The van der Waals surface area contributed by atoms with Gasteiger partial charge in [-0.3, -0.25) is 9.69 Å². The Morgan fingerprint density at radius 2 is 1.92 bits per heavy atom. The lowest BCUT2D eigenvalue weighted by Crippen LogP contribution is -2.41. The third kappa shape index (κ3) is 4.72. The highest BCUT2D eigenvalue weighted by atomic mass is 35.5. The molecule has 1 amide bonds. The smallest absolute Gasteiger partial charge is 0.223 e. The highest BCUT2D eigenvalue weighted by molar-refractivity contribution is 5.85. The predicted molar refractivity (Wildman–Crippen MR) is 110 cm³/mol. The van der Waals surface area contributed by atoms with E-state index in [-0.39, 0.29) is 30.7 Å². The number of hydrogen-bond acceptors (Lipinski definition) is 3. The molecule has 3 fully saturated rings. The maximum atomic E-state index is 12.6. The second-order valence-corrected chi connectivity index (χ2v) is 7.87. The lowest BCUT2D eigenvalue weighted by atomic mass is 9.92. The van der Waals surface area contributed by atoms with Crippen LogP contribution in [0.2, 0.25) is 0 Å². The van der Waals surface area contributed by atoms with Gasteiger partial charge in [0.25, 0.3) is 0 Å². The molecule has 3 aliphatic rings. The molecule has 1 saturated carbocycles. The number of amides is 1. The fourth-order valence-corrected chi connectivity index (χ4v) is 4.69. The number of rotatable bonds is 5. The molecule has 2 N–H and O–H groups in total. The standard InChI is InChI=1S/C20H29N3O.2ClH/c24-19(18-13-20(18)8-10-21-11-9-20)22-14-17-7-4-12-23(17)15-16-5-2-1-3-6-16;;/h1-3,5-6,17-18,21H,4,7-15H2,(H,22,24);2*1H. The van der Waals surface area contributed by atoms with Gasteiger partial charge in [-0.15, -0.1) is 24.8 Å². The molecule has 26 heavy (non-hydrogen) atoms. The topological polar surface area (TPSA) is 44.4 Å². The largest absolute Gasteiger partial charge is 0.354 e. The van der Waals surface area contributed by atoms with E-state index in [1.165, 1.54) is 31.2 Å². The number of likely N-dealkylation sites (tertiary alicyclic amines) is 1. The Balaban J connectivity index is 0.00000121. The molecule has 2 aliphatic heterocycles. The van der Waals surface area contributed by atoms with Crippen molar-refractivity contribution in [1.82, 2.24) is 15.5 Å². The van der Waals surface area contributed by atoms with Gasteiger partial charge < -0.3 is 10.6 Å². The van der Waals surface area contributed by atoms with Crippen LogP contribution in [0.5, 0.6) is 0 Å². The van der Waals surface area contributed by atoms with Crippen LogP contribution in [0.4, 0.5) is 0 Å². The predicted octanol–water partition coefficient (Wildman–Crippen LogP) is 3.00. The molecule has 4 nitrogen and oxygen atoms in total. The number of hydrogen-bond donors (Lipinski definition) is 2. The number of benzene rings is 1. The van der Waals surface area contributed by atoms with Crippen molar-refractivity contribution in [3.8, 4) is 0 Å². The zero-order valence-corrected chi connectivity index (χ0v) is 16.9. The van der Waals surface area contributed by atoms with E-state index in [0.717, 1.165) is 39.1 Å². The van der Waals surface area contributed by atoms with Crippen LogP contribution in [0.3, 0.4) is 0 Å². The van der Waals surface area contributed by atoms with Gasteiger partial charge in [-0.2, -0.15) is 0 Å². The molecule has 0 radical (unpaired) electrons. The van der Waals surface area contributed by atoms with E-state index in [0.29, 0.717) is 17.4 Å². The van der Waals surface area contributed by atoms with Gasteiger partial charge in [-0.1, -0.05) is 30.3 Å². The van der Waals surface area contributed by atoms with Crippen LogP contribution < -0.4 is 10.6 Å². The molecule has 1 aliphatic carbocycles. The molecule has 2 unspecified atom stereocenters. The fourth-order valence-electron chi connectivity index (χ4n) is 4.69. The molecule has 0 bridgehead atoms. The summed E-state index contributed by atoms with van der Waals surface area (Å²) in [6.07, 6.45) is 5.90. The van der Waals surface area contributed by atoms with Gasteiger partial charge in [0.2, 0.25) is 5.91 Å². The first-order valence-electron chi connectivity index (χ1n) is 9.53. The monoisotopic (exact) mass is 399 g/mol. The molecular weight excluding hydrogens is 369 g/mol. The summed E-state index contributed by atoms with van der Waals surface area (Å²) in [5.41, 5.74) is 1.71. The molecular formula is C20H31Cl2N3O. The number of carbonyl (C=O) groups excluding carboxylic acids is 1. The van der Waals surface area contributed by atoms with E-state index in [1.54, 1.807) is 0 Å². The minimum absolute atomic E-state index is 0. The van der Waals surface area contributed by atoms with Gasteiger partial charge in [0.05, 0.1) is 0 Å². The van der Waals surface area contributed by atoms with Gasteiger partial charge in [0, 0.05) is 25.0 Å². The number of carbonyl (C=O) groups is 1. The molecule has 0 aromatic heterocycles. The van der Waals surface area contributed by atoms with Crippen molar-refractivity contribution in [2.75, 3.05) is 26.2 Å². The quantitative estimate of drug-likeness (QED) is 0.799. The normalized spacial score (nSPS) is 26.6. The SMILES string of the molecule is Cl.Cl.O=C(NCC1CCCN1Cc1ccccc1)C1CC12CCNCC2. The first-order chi connectivity index (χ1) is 11.8. The maximum Gasteiger partial charge on any atom is 0.223 e. The van der Waals surface area contributed by atoms with E-state index in [1.807, 2.05) is 0 Å². The lowest BCUT2D eigenvalue weighted by molar-refractivity contribution is -0.123. The zero-order valence-electron chi connectivity index (χ0n) is 15.3. The minimum atomic E-state index is 0. The summed E-state index contributed by atoms with van der Waals surface area (Å²) in [5.74, 6) is 0.590. The Morgan fingerprint density at radius 3 is 2.65 bits per heavy atom. The van der Waals surface area contributed by atoms with Crippen LogP contribution in [0.25, 0.3) is 0 Å². The molecule has 2 saturated heterocycles. The van der Waals surface area contributed by atoms with Crippen molar-refractivity contribution in [1.29, 1.82) is 0 Å². The highest BCUT2D eigenvalue weighted by Gasteiger charge is 2.57. The van der Waals surface area contributed by atoms with Gasteiger partial charge in [0.1, 0.15) is 0 Å². The van der Waals surface area contributed by atoms with Crippen molar-refractivity contribution < 1.29 is 4.79 Å². The van der Waals surface area contributed by atoms with Crippen molar-refractivity contribution in [3.63, 3.8) is 0 Å². The zero-order chi connectivity index (χ0) is 16.4. The summed E-state index contributed by atoms with van der Waals surface area (Å²) in [5, 5.41) is 6.68.